The highest BCUT2D eigenvalue weighted by Gasteiger charge is 2.19. The fraction of sp³-hybridized carbons (Fsp3) is 0.235. The van der Waals surface area contributed by atoms with E-state index in [4.69, 9.17) is 41.9 Å². The van der Waals surface area contributed by atoms with E-state index in [0.717, 1.165) is 56.4 Å². The second kappa shape index (κ2) is 16.2. The van der Waals surface area contributed by atoms with Crippen molar-refractivity contribution >= 4 is 11.1 Å². The molecule has 0 saturated heterocycles. The summed E-state index contributed by atoms with van der Waals surface area (Å²) in [6, 6.07) is 32.0. The van der Waals surface area contributed by atoms with Crippen LogP contribution in [-0.2, 0) is 0 Å². The Morgan fingerprint density at radius 1 is 0.381 bits per heavy atom. The largest absolute Gasteiger partial charge is 0.492 e. The smallest absolute Gasteiger partial charge is 0.119 e. The molecule has 0 atom stereocenters. The first-order chi connectivity index (χ1) is 20.7. The molecule has 0 unspecified atom stereocenters. The van der Waals surface area contributed by atoms with Gasteiger partial charge in [-0.05, 0) is 81.9 Å². The third-order valence-electron chi connectivity index (χ3n) is 6.29. The topological polar surface area (TPSA) is 141 Å². The molecule has 0 bridgehead atoms. The molecule has 0 radical (unpaired) electrons. The molecule has 0 aromatic heterocycles. The quantitative estimate of drug-likeness (QED) is 0.148. The molecule has 4 rings (SSSR count). The Kier molecular flexibility index (Phi) is 11.8. The Balaban J connectivity index is 2.02. The first-order valence-corrected chi connectivity index (χ1v) is 14.1. The normalized spacial score (nSPS) is 10.7. The van der Waals surface area contributed by atoms with Crippen LogP contribution in [0.5, 0.6) is 23.0 Å². The van der Waals surface area contributed by atoms with Crippen LogP contribution in [0.4, 0.5) is 0 Å². The SMILES string of the molecule is NCCOc1cccc(C(=C(c2cccc(OCCN)c2)c2cccc(OCCN)c2)c2cccc(OCCN)c2)c1. The van der Waals surface area contributed by atoms with E-state index in [0.29, 0.717) is 52.6 Å². The van der Waals surface area contributed by atoms with Crippen molar-refractivity contribution in [3.8, 4) is 23.0 Å². The Morgan fingerprint density at radius 2 is 0.619 bits per heavy atom. The first-order valence-electron chi connectivity index (χ1n) is 14.1. The second-order valence-electron chi connectivity index (χ2n) is 9.41. The van der Waals surface area contributed by atoms with Gasteiger partial charge in [0.1, 0.15) is 49.4 Å². The molecule has 0 heterocycles. The van der Waals surface area contributed by atoms with Crippen LogP contribution >= 0.6 is 0 Å². The van der Waals surface area contributed by atoms with Gasteiger partial charge in [0, 0.05) is 26.2 Å². The van der Waals surface area contributed by atoms with Crippen molar-refractivity contribution in [2.45, 2.75) is 0 Å². The summed E-state index contributed by atoms with van der Waals surface area (Å²) in [4.78, 5) is 0. The average molecular weight is 569 g/mol. The maximum Gasteiger partial charge on any atom is 0.119 e. The predicted octanol–water partition coefficient (Wildman–Crippen LogP) is 4.04. The predicted molar refractivity (Wildman–Crippen MR) is 169 cm³/mol. The fourth-order valence-corrected chi connectivity index (χ4v) is 4.58. The Hall–Kier alpha value is -4.34. The van der Waals surface area contributed by atoms with Crippen LogP contribution in [0.3, 0.4) is 0 Å². The number of hydrogen-bond donors (Lipinski definition) is 4. The average Bonchev–Trinajstić information content (AvgIpc) is 3.03. The molecular weight excluding hydrogens is 528 g/mol. The zero-order chi connectivity index (χ0) is 29.6. The molecule has 8 heteroatoms. The van der Waals surface area contributed by atoms with Crippen molar-refractivity contribution in [1.29, 1.82) is 0 Å². The summed E-state index contributed by atoms with van der Waals surface area (Å²) in [5.74, 6) is 2.91. The van der Waals surface area contributed by atoms with E-state index in [2.05, 4.69) is 24.3 Å². The minimum absolute atomic E-state index is 0.416. The van der Waals surface area contributed by atoms with Crippen LogP contribution < -0.4 is 41.9 Å². The lowest BCUT2D eigenvalue weighted by Crippen LogP contribution is -2.11. The molecule has 0 fully saturated rings. The molecule has 8 N–H and O–H groups in total. The number of hydrogen-bond acceptors (Lipinski definition) is 8. The minimum atomic E-state index is 0.416. The van der Waals surface area contributed by atoms with E-state index < -0.39 is 0 Å². The molecule has 0 spiro atoms. The highest BCUT2D eigenvalue weighted by Crippen LogP contribution is 2.40. The maximum absolute atomic E-state index is 5.93. The van der Waals surface area contributed by atoms with Gasteiger partial charge >= 0.3 is 0 Å². The first kappa shape index (κ1) is 30.6. The molecule has 0 aliphatic carbocycles. The molecule has 8 nitrogen and oxygen atoms in total. The molecule has 0 saturated carbocycles. The maximum atomic E-state index is 5.93. The van der Waals surface area contributed by atoms with Gasteiger partial charge in [-0.2, -0.15) is 0 Å². The van der Waals surface area contributed by atoms with Gasteiger partial charge in [0.15, 0.2) is 0 Å². The molecule has 0 aliphatic rings. The summed E-state index contributed by atoms with van der Waals surface area (Å²) >= 11 is 0. The van der Waals surface area contributed by atoms with Crippen molar-refractivity contribution in [2.75, 3.05) is 52.6 Å². The Labute approximate surface area is 247 Å². The monoisotopic (exact) mass is 568 g/mol. The van der Waals surface area contributed by atoms with Crippen LogP contribution in [0.15, 0.2) is 97.1 Å². The van der Waals surface area contributed by atoms with Crippen molar-refractivity contribution in [3.05, 3.63) is 119 Å². The fourth-order valence-electron chi connectivity index (χ4n) is 4.58. The molecule has 4 aromatic rings. The van der Waals surface area contributed by atoms with E-state index >= 15 is 0 Å². The minimum Gasteiger partial charge on any atom is -0.492 e. The van der Waals surface area contributed by atoms with E-state index in [1.807, 2.05) is 72.8 Å². The number of nitrogens with two attached hydrogens (primary N) is 4. The van der Waals surface area contributed by atoms with Gasteiger partial charge in [-0.25, -0.2) is 0 Å². The summed E-state index contributed by atoms with van der Waals surface area (Å²) in [5.41, 5.74) is 28.7. The number of ether oxygens (including phenoxy) is 4. The lowest BCUT2D eigenvalue weighted by molar-refractivity contribution is 0.328. The van der Waals surface area contributed by atoms with Crippen LogP contribution in [0.2, 0.25) is 0 Å². The van der Waals surface area contributed by atoms with Crippen molar-refractivity contribution in [3.63, 3.8) is 0 Å². The second-order valence-corrected chi connectivity index (χ2v) is 9.41. The number of rotatable bonds is 16. The number of benzene rings is 4. The molecule has 4 aromatic carbocycles. The van der Waals surface area contributed by atoms with Crippen LogP contribution in [0.25, 0.3) is 11.1 Å². The molecule has 42 heavy (non-hydrogen) atoms. The van der Waals surface area contributed by atoms with Crippen LogP contribution in [0.1, 0.15) is 22.3 Å². The van der Waals surface area contributed by atoms with E-state index in [1.54, 1.807) is 0 Å². The van der Waals surface area contributed by atoms with Crippen molar-refractivity contribution in [1.82, 2.24) is 0 Å². The molecule has 0 amide bonds. The third kappa shape index (κ3) is 8.34. The summed E-state index contributed by atoms with van der Waals surface area (Å²) in [6.45, 7) is 3.34. The van der Waals surface area contributed by atoms with Gasteiger partial charge in [0.05, 0.1) is 0 Å². The highest BCUT2D eigenvalue weighted by atomic mass is 16.5. The van der Waals surface area contributed by atoms with E-state index in [9.17, 15) is 0 Å². The standard InChI is InChI=1S/C34H40N4O4/c35-13-17-39-29-9-1-5-25(21-29)33(26-6-2-10-30(22-26)40-18-14-36)34(27-7-3-11-31(23-27)41-19-15-37)28-8-4-12-32(24-28)42-20-16-38/h1-12,21-24H,13-20,35-38H2. The summed E-state index contributed by atoms with van der Waals surface area (Å²) in [7, 11) is 0. The molecular formula is C34H40N4O4. The van der Waals surface area contributed by atoms with Gasteiger partial charge in [-0.3, -0.25) is 0 Å². The van der Waals surface area contributed by atoms with Gasteiger partial charge in [0.2, 0.25) is 0 Å². The van der Waals surface area contributed by atoms with Crippen molar-refractivity contribution < 1.29 is 18.9 Å². The summed E-state index contributed by atoms with van der Waals surface area (Å²) < 4.78 is 23.7. The highest BCUT2D eigenvalue weighted by molar-refractivity contribution is 6.05. The van der Waals surface area contributed by atoms with Crippen LogP contribution in [-0.4, -0.2) is 52.6 Å². The zero-order valence-corrected chi connectivity index (χ0v) is 23.8. The van der Waals surface area contributed by atoms with E-state index in [-0.39, 0.29) is 0 Å². The molecule has 220 valence electrons. The van der Waals surface area contributed by atoms with Gasteiger partial charge in [-0.15, -0.1) is 0 Å². The molecule has 0 aliphatic heterocycles. The Bertz CT molecular complexity index is 1240. The lowest BCUT2D eigenvalue weighted by atomic mass is 9.85. The third-order valence-corrected chi connectivity index (χ3v) is 6.29. The van der Waals surface area contributed by atoms with Crippen molar-refractivity contribution in [2.24, 2.45) is 22.9 Å². The van der Waals surface area contributed by atoms with Gasteiger partial charge in [-0.1, -0.05) is 48.5 Å². The van der Waals surface area contributed by atoms with E-state index in [1.165, 1.54) is 0 Å². The van der Waals surface area contributed by atoms with Gasteiger partial charge < -0.3 is 41.9 Å². The summed E-state index contributed by atoms with van der Waals surface area (Å²) in [6.07, 6.45) is 0. The zero-order valence-electron chi connectivity index (χ0n) is 23.8. The van der Waals surface area contributed by atoms with Crippen LogP contribution in [0, 0.1) is 0 Å². The van der Waals surface area contributed by atoms with Gasteiger partial charge in [0.25, 0.3) is 0 Å². The Morgan fingerprint density at radius 3 is 0.833 bits per heavy atom. The lowest BCUT2D eigenvalue weighted by Gasteiger charge is -2.20. The summed E-state index contributed by atoms with van der Waals surface area (Å²) in [5, 5.41) is 0.